The number of sulfone groups is 1. The Hall–Kier alpha value is -2.18. The topological polar surface area (TPSA) is 54.5 Å². The molecule has 190 valence electrons. The van der Waals surface area contributed by atoms with Gasteiger partial charge in [-0.25, -0.2) is 8.42 Å². The van der Waals surface area contributed by atoms with Gasteiger partial charge in [-0.05, 0) is 72.3 Å². The van der Waals surface area contributed by atoms with Crippen LogP contribution in [0.3, 0.4) is 0 Å². The molecule has 0 saturated heterocycles. The van der Waals surface area contributed by atoms with Crippen molar-refractivity contribution in [1.82, 2.24) is 4.90 Å². The van der Waals surface area contributed by atoms with Gasteiger partial charge in [0.25, 0.3) is 0 Å². The van der Waals surface area contributed by atoms with Crippen LogP contribution in [-0.4, -0.2) is 32.2 Å². The van der Waals surface area contributed by atoms with Crippen LogP contribution in [0.15, 0.2) is 65.6 Å². The molecule has 2 atom stereocenters. The summed E-state index contributed by atoms with van der Waals surface area (Å²) >= 11 is 12.4. The summed E-state index contributed by atoms with van der Waals surface area (Å²) in [7, 11) is -1.39. The van der Waals surface area contributed by atoms with Crippen molar-refractivity contribution in [3.63, 3.8) is 0 Å². The second kappa shape index (κ2) is 11.1. The summed E-state index contributed by atoms with van der Waals surface area (Å²) in [5, 5.41) is 0.956. The van der Waals surface area contributed by atoms with E-state index in [9.17, 15) is 13.2 Å². The largest absolute Gasteiger partial charge is 0.299 e. The molecule has 1 aliphatic rings. The molecule has 36 heavy (non-hydrogen) atoms. The minimum atomic E-state index is -3.50. The molecule has 7 heteroatoms. The van der Waals surface area contributed by atoms with E-state index in [1.54, 1.807) is 30.3 Å². The number of carbonyl (C=O) groups is 1. The molecule has 0 saturated carbocycles. The first kappa shape index (κ1) is 26.9. The van der Waals surface area contributed by atoms with E-state index in [0.717, 1.165) is 29.7 Å². The van der Waals surface area contributed by atoms with Gasteiger partial charge in [-0.1, -0.05) is 72.6 Å². The van der Waals surface area contributed by atoms with E-state index >= 15 is 0 Å². The fourth-order valence-corrected chi connectivity index (χ4v) is 6.61. The van der Waals surface area contributed by atoms with Crippen molar-refractivity contribution < 1.29 is 13.2 Å². The van der Waals surface area contributed by atoms with Gasteiger partial charge in [0.05, 0.1) is 20.7 Å². The lowest BCUT2D eigenvalue weighted by atomic mass is 9.93. The number of Topliss-reactive ketones (excluding diaryl/α,β-unsaturated/α-hetero) is 1. The first-order valence-electron chi connectivity index (χ1n) is 12.1. The number of rotatable bonds is 8. The Morgan fingerprint density at radius 3 is 2.44 bits per heavy atom. The number of carbonyl (C=O) groups excluding carboxylic acids is 1. The maximum absolute atomic E-state index is 13.1. The van der Waals surface area contributed by atoms with E-state index in [0.29, 0.717) is 22.5 Å². The Balaban J connectivity index is 1.39. The zero-order valence-corrected chi connectivity index (χ0v) is 23.1. The third kappa shape index (κ3) is 6.20. The summed E-state index contributed by atoms with van der Waals surface area (Å²) in [6.45, 7) is 5.02. The van der Waals surface area contributed by atoms with Gasteiger partial charge in [-0.2, -0.15) is 0 Å². The molecule has 4 rings (SSSR count). The molecule has 0 spiro atoms. The van der Waals surface area contributed by atoms with Crippen LogP contribution in [0.5, 0.6) is 0 Å². The summed E-state index contributed by atoms with van der Waals surface area (Å²) in [6, 6.07) is 18.5. The van der Waals surface area contributed by atoms with Crippen molar-refractivity contribution in [3.8, 4) is 0 Å². The van der Waals surface area contributed by atoms with Crippen LogP contribution in [0.1, 0.15) is 54.0 Å². The third-order valence-electron chi connectivity index (χ3n) is 7.04. The van der Waals surface area contributed by atoms with Crippen LogP contribution in [0.25, 0.3) is 0 Å². The van der Waals surface area contributed by atoms with Gasteiger partial charge in [0.15, 0.2) is 9.84 Å². The molecule has 0 bridgehead atoms. The van der Waals surface area contributed by atoms with Crippen molar-refractivity contribution in [3.05, 3.63) is 98.5 Å². The highest BCUT2D eigenvalue weighted by Crippen LogP contribution is 2.32. The summed E-state index contributed by atoms with van der Waals surface area (Å²) in [6.07, 6.45) is 1.48. The monoisotopic (exact) mass is 543 g/mol. The molecule has 0 N–H and O–H groups in total. The van der Waals surface area contributed by atoms with E-state index in [-0.39, 0.29) is 28.8 Å². The van der Waals surface area contributed by atoms with E-state index in [2.05, 4.69) is 24.9 Å². The lowest BCUT2D eigenvalue weighted by Gasteiger charge is -2.31. The number of fused-ring (bicyclic) bond motifs is 1. The second-order valence-electron chi connectivity index (χ2n) is 9.94. The highest BCUT2D eigenvalue weighted by molar-refractivity contribution is 7.90. The molecule has 3 aromatic rings. The number of likely N-dealkylation sites (N-methyl/N-ethyl adjacent to an activating group) is 1. The number of halogens is 2. The Labute approximate surface area is 224 Å². The van der Waals surface area contributed by atoms with Gasteiger partial charge >= 0.3 is 0 Å². The summed E-state index contributed by atoms with van der Waals surface area (Å²) < 4.78 is 26.2. The first-order valence-corrected chi connectivity index (χ1v) is 14.5. The zero-order chi connectivity index (χ0) is 26.0. The number of hydrogen-bond acceptors (Lipinski definition) is 4. The Kier molecular flexibility index (Phi) is 8.25. The molecule has 4 nitrogen and oxygen atoms in total. The van der Waals surface area contributed by atoms with Gasteiger partial charge in [-0.15, -0.1) is 0 Å². The average molecular weight is 545 g/mol. The first-order chi connectivity index (χ1) is 17.0. The van der Waals surface area contributed by atoms with Crippen molar-refractivity contribution in [2.45, 2.75) is 62.3 Å². The summed E-state index contributed by atoms with van der Waals surface area (Å²) in [4.78, 5) is 15.2. The summed E-state index contributed by atoms with van der Waals surface area (Å²) in [5.74, 6) is -0.0489. The molecule has 0 fully saturated rings. The predicted octanol–water partition coefficient (Wildman–Crippen LogP) is 6.65. The standard InChI is InChI=1S/C29H31Cl2NO3S/c1-19(27-5-4-6-28(30)29(27)31)13-25(33)16-21-8-11-26(12-9-21)36(34,35)18-22-7-10-23-17-32(3)20(2)14-24(23)15-22/h4-12,15,19-20H,13-14,16-18H2,1-3H3. The van der Waals surface area contributed by atoms with Crippen molar-refractivity contribution in [2.24, 2.45) is 0 Å². The molecule has 0 amide bonds. The van der Waals surface area contributed by atoms with Crippen molar-refractivity contribution >= 4 is 38.8 Å². The quantitative estimate of drug-likeness (QED) is 0.319. The van der Waals surface area contributed by atoms with Gasteiger partial charge < -0.3 is 0 Å². The van der Waals surface area contributed by atoms with E-state index in [1.807, 2.05) is 31.2 Å². The maximum atomic E-state index is 13.1. The van der Waals surface area contributed by atoms with Gasteiger partial charge in [0.2, 0.25) is 0 Å². The van der Waals surface area contributed by atoms with Gasteiger partial charge in [0.1, 0.15) is 5.78 Å². The lowest BCUT2D eigenvalue weighted by molar-refractivity contribution is -0.118. The van der Waals surface area contributed by atoms with E-state index in [4.69, 9.17) is 23.2 Å². The molecular weight excluding hydrogens is 513 g/mol. The number of hydrogen-bond donors (Lipinski definition) is 0. The van der Waals surface area contributed by atoms with Crippen molar-refractivity contribution in [1.29, 1.82) is 0 Å². The molecular formula is C29H31Cl2NO3S. The molecule has 1 aliphatic heterocycles. The summed E-state index contributed by atoms with van der Waals surface area (Å²) in [5.41, 5.74) is 4.93. The molecule has 2 unspecified atom stereocenters. The highest BCUT2D eigenvalue weighted by atomic mass is 35.5. The van der Waals surface area contributed by atoms with Crippen LogP contribution in [0.2, 0.25) is 10.0 Å². The van der Waals surface area contributed by atoms with Gasteiger partial charge in [0, 0.05) is 25.4 Å². The van der Waals surface area contributed by atoms with Crippen LogP contribution in [0.4, 0.5) is 0 Å². The average Bonchev–Trinajstić information content (AvgIpc) is 2.81. The van der Waals surface area contributed by atoms with Gasteiger partial charge in [-0.3, -0.25) is 9.69 Å². The fourth-order valence-electron chi connectivity index (χ4n) is 4.78. The smallest absolute Gasteiger partial charge is 0.182 e. The predicted molar refractivity (Wildman–Crippen MR) is 147 cm³/mol. The van der Waals surface area contributed by atoms with Crippen molar-refractivity contribution in [2.75, 3.05) is 7.05 Å². The van der Waals surface area contributed by atoms with Crippen LogP contribution in [0, 0.1) is 0 Å². The molecule has 0 aliphatic carbocycles. The Bertz CT molecular complexity index is 1370. The normalized spacial score (nSPS) is 17.0. The second-order valence-corrected chi connectivity index (χ2v) is 12.7. The molecule has 3 aromatic carbocycles. The molecule has 0 radical (unpaired) electrons. The minimum absolute atomic E-state index is 0.0410. The highest BCUT2D eigenvalue weighted by Gasteiger charge is 2.22. The number of nitrogens with zero attached hydrogens (tertiary/aromatic N) is 1. The maximum Gasteiger partial charge on any atom is 0.182 e. The Morgan fingerprint density at radius 1 is 1.03 bits per heavy atom. The van der Waals surface area contributed by atoms with Crippen LogP contribution in [-0.2, 0) is 39.8 Å². The number of ketones is 1. The van der Waals surface area contributed by atoms with Crippen LogP contribution >= 0.6 is 23.2 Å². The minimum Gasteiger partial charge on any atom is -0.299 e. The van der Waals surface area contributed by atoms with Crippen LogP contribution < -0.4 is 0 Å². The van der Waals surface area contributed by atoms with E-state index in [1.165, 1.54) is 11.1 Å². The molecule has 1 heterocycles. The SMILES string of the molecule is CC(CC(=O)Cc1ccc(S(=O)(=O)Cc2ccc3c(c2)CC(C)N(C)C3)cc1)c1cccc(Cl)c1Cl. The fraction of sp³-hybridized carbons (Fsp3) is 0.345. The lowest BCUT2D eigenvalue weighted by Crippen LogP contribution is -2.35. The zero-order valence-electron chi connectivity index (χ0n) is 20.8. The number of benzene rings is 3. The van der Waals surface area contributed by atoms with E-state index < -0.39 is 9.84 Å². The molecule has 0 aromatic heterocycles. The Morgan fingerprint density at radius 2 is 1.72 bits per heavy atom. The third-order valence-corrected chi connectivity index (χ3v) is 9.58.